The molecule has 1 aliphatic rings. The van der Waals surface area contributed by atoms with Crippen molar-refractivity contribution in [2.45, 2.75) is 33.8 Å². The van der Waals surface area contributed by atoms with Gasteiger partial charge in [0, 0.05) is 5.56 Å². The molecule has 43 heavy (non-hydrogen) atoms. The minimum Gasteiger partial charge on any atom is -0.494 e. The number of rotatable bonds is 10. The summed E-state index contributed by atoms with van der Waals surface area (Å²) in [7, 11) is 0. The molecule has 1 N–H and O–H groups in total. The van der Waals surface area contributed by atoms with E-state index >= 15 is 0 Å². The lowest BCUT2D eigenvalue weighted by molar-refractivity contribution is -0.122. The maximum atomic E-state index is 13.4. The number of urea groups is 1. The molecule has 0 atom stereocenters. The van der Waals surface area contributed by atoms with E-state index in [2.05, 4.69) is 23.5 Å². The van der Waals surface area contributed by atoms with E-state index < -0.39 is 17.8 Å². The Hall–Kier alpha value is -4.82. The molecule has 1 fully saturated rings. The Kier molecular flexibility index (Phi) is 8.97. The van der Waals surface area contributed by atoms with Gasteiger partial charge in [0.2, 0.25) is 0 Å². The maximum absolute atomic E-state index is 13.4. The molecule has 0 aromatic heterocycles. The number of benzene rings is 4. The van der Waals surface area contributed by atoms with Gasteiger partial charge < -0.3 is 14.2 Å². The number of carbonyl (C=O) groups is 3. The molecule has 0 aliphatic carbocycles. The van der Waals surface area contributed by atoms with Crippen molar-refractivity contribution in [3.05, 3.63) is 100 Å². The lowest BCUT2D eigenvalue weighted by Crippen LogP contribution is -2.54. The van der Waals surface area contributed by atoms with Crippen LogP contribution in [-0.4, -0.2) is 31.1 Å². The van der Waals surface area contributed by atoms with Crippen molar-refractivity contribution in [1.82, 2.24) is 5.32 Å². The number of barbiturate groups is 1. The van der Waals surface area contributed by atoms with Crippen molar-refractivity contribution < 1.29 is 28.6 Å². The van der Waals surface area contributed by atoms with E-state index in [9.17, 15) is 14.4 Å². The highest BCUT2D eigenvalue weighted by molar-refractivity contribution is 6.39. The number of nitrogens with zero attached hydrogens (tertiary/aromatic N) is 1. The van der Waals surface area contributed by atoms with Crippen molar-refractivity contribution in [2.24, 2.45) is 0 Å². The third kappa shape index (κ3) is 6.34. The average molecular weight is 599 g/mol. The second-order valence-corrected chi connectivity index (χ2v) is 10.3. The molecule has 4 aromatic rings. The molecule has 1 heterocycles. The van der Waals surface area contributed by atoms with Crippen LogP contribution < -0.4 is 24.4 Å². The number of hydrogen-bond donors (Lipinski definition) is 1. The molecule has 0 radical (unpaired) electrons. The van der Waals surface area contributed by atoms with E-state index in [1.165, 1.54) is 6.08 Å². The second kappa shape index (κ2) is 13.0. The lowest BCUT2D eigenvalue weighted by Gasteiger charge is -2.26. The Balaban J connectivity index is 1.43. The number of fused-ring (bicyclic) bond motifs is 1. The van der Waals surface area contributed by atoms with E-state index in [-0.39, 0.29) is 17.2 Å². The zero-order valence-electron chi connectivity index (χ0n) is 24.1. The Morgan fingerprint density at radius 2 is 1.67 bits per heavy atom. The molecule has 9 heteroatoms. The maximum Gasteiger partial charge on any atom is 0.335 e. The monoisotopic (exact) mass is 598 g/mol. The van der Waals surface area contributed by atoms with Gasteiger partial charge in [-0.15, -0.1) is 0 Å². The van der Waals surface area contributed by atoms with E-state index in [0.717, 1.165) is 33.2 Å². The van der Waals surface area contributed by atoms with Gasteiger partial charge in [-0.25, -0.2) is 9.69 Å². The number of anilines is 1. The summed E-state index contributed by atoms with van der Waals surface area (Å²) in [5.41, 5.74) is 2.60. The SMILES string of the molecule is CCCOc1ccc(N2C(=O)NC(=O)/C(=C/c3cc(Cl)c(OCc4c(C)ccc5ccccc45)c(OCC)c3)C2=O)cc1. The van der Waals surface area contributed by atoms with Gasteiger partial charge in [-0.05, 0) is 84.6 Å². The van der Waals surface area contributed by atoms with Gasteiger partial charge in [0.15, 0.2) is 11.5 Å². The van der Waals surface area contributed by atoms with Crippen LogP contribution in [0.4, 0.5) is 10.5 Å². The van der Waals surface area contributed by atoms with E-state index in [4.69, 9.17) is 25.8 Å². The van der Waals surface area contributed by atoms with Crippen LogP contribution in [0.3, 0.4) is 0 Å². The van der Waals surface area contributed by atoms with Gasteiger partial charge in [-0.3, -0.25) is 14.9 Å². The summed E-state index contributed by atoms with van der Waals surface area (Å²) in [4.78, 5) is 39.8. The molecule has 0 spiro atoms. The summed E-state index contributed by atoms with van der Waals surface area (Å²) in [6.45, 7) is 6.99. The fourth-order valence-corrected chi connectivity index (χ4v) is 5.10. The Morgan fingerprint density at radius 1 is 0.907 bits per heavy atom. The van der Waals surface area contributed by atoms with Crippen LogP contribution in [0.25, 0.3) is 16.8 Å². The first-order chi connectivity index (χ1) is 20.8. The summed E-state index contributed by atoms with van der Waals surface area (Å²) >= 11 is 6.69. The van der Waals surface area contributed by atoms with Crippen molar-refractivity contribution >= 4 is 52.0 Å². The largest absolute Gasteiger partial charge is 0.494 e. The summed E-state index contributed by atoms with van der Waals surface area (Å²) in [6, 6.07) is 21.1. The summed E-state index contributed by atoms with van der Waals surface area (Å²) in [6.07, 6.45) is 2.22. The van der Waals surface area contributed by atoms with Gasteiger partial charge in [0.1, 0.15) is 17.9 Å². The zero-order chi connectivity index (χ0) is 30.5. The number of amides is 4. The van der Waals surface area contributed by atoms with E-state index in [1.807, 2.05) is 39.0 Å². The number of ether oxygens (including phenoxy) is 3. The fraction of sp³-hybridized carbons (Fsp3) is 0.206. The molecule has 4 aromatic carbocycles. The third-order valence-corrected chi connectivity index (χ3v) is 7.23. The highest BCUT2D eigenvalue weighted by atomic mass is 35.5. The van der Waals surface area contributed by atoms with E-state index in [1.54, 1.807) is 36.4 Å². The summed E-state index contributed by atoms with van der Waals surface area (Å²) < 4.78 is 17.7. The Labute approximate surface area is 254 Å². The quantitative estimate of drug-likeness (QED) is 0.153. The molecule has 0 saturated carbocycles. The van der Waals surface area contributed by atoms with E-state index in [0.29, 0.717) is 41.7 Å². The molecule has 0 bridgehead atoms. The number of halogens is 1. The van der Waals surface area contributed by atoms with Gasteiger partial charge in [-0.2, -0.15) is 0 Å². The van der Waals surface area contributed by atoms with Crippen LogP contribution in [0.5, 0.6) is 17.2 Å². The number of aryl methyl sites for hydroxylation is 1. The van der Waals surface area contributed by atoms with Crippen molar-refractivity contribution in [3.63, 3.8) is 0 Å². The lowest BCUT2D eigenvalue weighted by atomic mass is 10.0. The Morgan fingerprint density at radius 3 is 2.42 bits per heavy atom. The van der Waals surface area contributed by atoms with Gasteiger partial charge >= 0.3 is 6.03 Å². The molecular weight excluding hydrogens is 568 g/mol. The first kappa shape index (κ1) is 29.7. The summed E-state index contributed by atoms with van der Waals surface area (Å²) in [5.74, 6) is -0.260. The molecule has 1 saturated heterocycles. The topological polar surface area (TPSA) is 94.2 Å². The summed E-state index contributed by atoms with van der Waals surface area (Å²) in [5, 5.41) is 4.68. The first-order valence-electron chi connectivity index (χ1n) is 14.0. The van der Waals surface area contributed by atoms with Crippen molar-refractivity contribution in [3.8, 4) is 17.2 Å². The van der Waals surface area contributed by atoms with Crippen LogP contribution in [-0.2, 0) is 16.2 Å². The number of carbonyl (C=O) groups excluding carboxylic acids is 3. The predicted molar refractivity (Wildman–Crippen MR) is 167 cm³/mol. The normalized spacial score (nSPS) is 14.3. The van der Waals surface area contributed by atoms with Crippen LogP contribution in [0, 0.1) is 6.92 Å². The smallest absolute Gasteiger partial charge is 0.335 e. The molecule has 8 nitrogen and oxygen atoms in total. The van der Waals surface area contributed by atoms with Gasteiger partial charge in [-0.1, -0.05) is 54.9 Å². The van der Waals surface area contributed by atoms with Gasteiger partial charge in [0.05, 0.1) is 23.9 Å². The van der Waals surface area contributed by atoms with Crippen molar-refractivity contribution in [1.29, 1.82) is 0 Å². The highest BCUT2D eigenvalue weighted by Crippen LogP contribution is 2.39. The van der Waals surface area contributed by atoms with Gasteiger partial charge in [0.25, 0.3) is 11.8 Å². The zero-order valence-corrected chi connectivity index (χ0v) is 24.9. The molecule has 1 aliphatic heterocycles. The Bertz CT molecular complexity index is 1730. The fourth-order valence-electron chi connectivity index (χ4n) is 4.83. The van der Waals surface area contributed by atoms with Crippen LogP contribution in [0.2, 0.25) is 5.02 Å². The number of imide groups is 2. The first-order valence-corrected chi connectivity index (χ1v) is 14.4. The molecule has 5 rings (SSSR count). The predicted octanol–water partition coefficient (Wildman–Crippen LogP) is 7.23. The minimum absolute atomic E-state index is 0.232. The third-order valence-electron chi connectivity index (χ3n) is 6.95. The molecule has 4 amide bonds. The van der Waals surface area contributed by atoms with Crippen LogP contribution >= 0.6 is 11.6 Å². The second-order valence-electron chi connectivity index (χ2n) is 9.93. The standard InChI is InChI=1S/C34H31ClN2O6/c1-4-16-42-25-14-12-24(13-15-25)37-33(39)27(32(38)36-34(37)40)17-22-18-29(35)31(30(19-22)41-5-2)43-20-28-21(3)10-11-23-8-6-7-9-26(23)28/h6-15,17-19H,4-5,16,20H2,1-3H3,(H,36,38,40)/b27-17-. The molecular formula is C34H31ClN2O6. The number of hydrogen-bond acceptors (Lipinski definition) is 6. The van der Waals surface area contributed by atoms with Crippen LogP contribution in [0.15, 0.2) is 78.4 Å². The average Bonchev–Trinajstić information content (AvgIpc) is 2.99. The molecule has 220 valence electrons. The number of nitrogens with one attached hydrogen (secondary N) is 1. The minimum atomic E-state index is -0.838. The van der Waals surface area contributed by atoms with Crippen LogP contribution in [0.1, 0.15) is 37.0 Å². The highest BCUT2D eigenvalue weighted by Gasteiger charge is 2.37. The molecule has 0 unspecified atom stereocenters. The van der Waals surface area contributed by atoms with Crippen molar-refractivity contribution in [2.75, 3.05) is 18.1 Å².